The largest absolute Gasteiger partial charge is 0.497 e. The number of benzene rings is 2. The van der Waals surface area contributed by atoms with Crippen molar-refractivity contribution in [2.45, 2.75) is 26.8 Å². The van der Waals surface area contributed by atoms with Crippen LogP contribution in [-0.2, 0) is 9.53 Å². The molecule has 1 aliphatic heterocycles. The number of hydrogen-bond acceptors (Lipinski definition) is 8. The van der Waals surface area contributed by atoms with Crippen LogP contribution in [0.1, 0.15) is 37.9 Å². The molecule has 37 heavy (non-hydrogen) atoms. The molecule has 2 heterocycles. The average molecular weight is 587 g/mol. The summed E-state index contributed by atoms with van der Waals surface area (Å²) in [4.78, 5) is 32.0. The molecule has 3 aromatic rings. The number of fused-ring (bicyclic) bond motifs is 1. The van der Waals surface area contributed by atoms with Crippen LogP contribution in [0.15, 0.2) is 61.9 Å². The van der Waals surface area contributed by atoms with Crippen LogP contribution in [0.3, 0.4) is 0 Å². The smallest absolute Gasteiger partial charge is 0.338 e. The number of allylic oxidation sites excluding steroid dienone is 1. The summed E-state index contributed by atoms with van der Waals surface area (Å²) in [5.74, 6) is 1.26. The van der Waals surface area contributed by atoms with E-state index in [0.717, 1.165) is 10.0 Å². The Kier molecular flexibility index (Phi) is 8.19. The zero-order chi connectivity index (χ0) is 26.7. The van der Waals surface area contributed by atoms with Crippen molar-refractivity contribution >= 4 is 39.3 Å². The van der Waals surface area contributed by atoms with E-state index in [1.165, 1.54) is 11.3 Å². The highest BCUT2D eigenvalue weighted by molar-refractivity contribution is 9.10. The Morgan fingerprint density at radius 1 is 1.14 bits per heavy atom. The highest BCUT2D eigenvalue weighted by Gasteiger charge is 2.33. The number of halogens is 1. The molecule has 1 aromatic heterocycles. The van der Waals surface area contributed by atoms with E-state index in [4.69, 9.17) is 18.9 Å². The van der Waals surface area contributed by atoms with Crippen LogP contribution in [-0.4, -0.2) is 38.0 Å². The number of nitrogens with zero attached hydrogens (tertiary/aromatic N) is 2. The van der Waals surface area contributed by atoms with Gasteiger partial charge in [0.2, 0.25) is 0 Å². The van der Waals surface area contributed by atoms with Crippen LogP contribution in [0, 0.1) is 0 Å². The fourth-order valence-corrected chi connectivity index (χ4v) is 5.62. The Balaban J connectivity index is 1.95. The topological polar surface area (TPSA) is 88.4 Å². The highest BCUT2D eigenvalue weighted by atomic mass is 79.9. The van der Waals surface area contributed by atoms with Crippen molar-refractivity contribution in [1.82, 2.24) is 4.57 Å². The van der Waals surface area contributed by atoms with Gasteiger partial charge in [0.15, 0.2) is 16.3 Å². The number of methoxy groups -OCH3 is 2. The van der Waals surface area contributed by atoms with Crippen molar-refractivity contribution in [2.75, 3.05) is 27.4 Å². The molecule has 0 radical (unpaired) electrons. The van der Waals surface area contributed by atoms with E-state index in [9.17, 15) is 9.59 Å². The lowest BCUT2D eigenvalue weighted by molar-refractivity contribution is -0.139. The Morgan fingerprint density at radius 3 is 2.59 bits per heavy atom. The maximum atomic E-state index is 13.8. The molecule has 1 unspecified atom stereocenters. The van der Waals surface area contributed by atoms with E-state index in [2.05, 4.69) is 20.9 Å². The van der Waals surface area contributed by atoms with Crippen LogP contribution < -0.4 is 29.1 Å². The van der Waals surface area contributed by atoms with E-state index < -0.39 is 12.0 Å². The lowest BCUT2D eigenvalue weighted by atomic mass is 9.95. The summed E-state index contributed by atoms with van der Waals surface area (Å²) in [7, 11) is 3.14. The zero-order valence-corrected chi connectivity index (χ0v) is 23.6. The Labute approximate surface area is 226 Å². The monoisotopic (exact) mass is 586 g/mol. The van der Waals surface area contributed by atoms with Gasteiger partial charge in [-0.15, -0.1) is 0 Å². The molecule has 10 heteroatoms. The minimum Gasteiger partial charge on any atom is -0.497 e. The quantitative estimate of drug-likeness (QED) is 0.371. The number of aromatic nitrogens is 1. The van der Waals surface area contributed by atoms with Crippen LogP contribution in [0.2, 0.25) is 0 Å². The first-order valence-corrected chi connectivity index (χ1v) is 13.3. The third-order valence-corrected chi connectivity index (χ3v) is 7.47. The molecule has 0 saturated carbocycles. The third-order valence-electron chi connectivity index (χ3n) is 5.80. The summed E-state index contributed by atoms with van der Waals surface area (Å²) in [6, 6.07) is 10.2. The lowest BCUT2D eigenvalue weighted by Gasteiger charge is -2.25. The van der Waals surface area contributed by atoms with Gasteiger partial charge in [-0.05, 0) is 62.2 Å². The molecule has 194 valence electrons. The normalized spacial score (nSPS) is 15.2. The van der Waals surface area contributed by atoms with E-state index in [-0.39, 0.29) is 12.2 Å². The van der Waals surface area contributed by atoms with E-state index >= 15 is 0 Å². The Bertz CT molecular complexity index is 1560. The lowest BCUT2D eigenvalue weighted by Crippen LogP contribution is -2.39. The van der Waals surface area contributed by atoms with Crippen molar-refractivity contribution in [3.05, 3.63) is 83.0 Å². The summed E-state index contributed by atoms with van der Waals surface area (Å²) >= 11 is 4.82. The molecular weight excluding hydrogens is 560 g/mol. The van der Waals surface area contributed by atoms with Gasteiger partial charge < -0.3 is 18.9 Å². The molecular formula is C27H27BrN2O6S. The molecule has 0 amide bonds. The highest BCUT2D eigenvalue weighted by Crippen LogP contribution is 2.34. The van der Waals surface area contributed by atoms with Crippen molar-refractivity contribution in [3.63, 3.8) is 0 Å². The maximum Gasteiger partial charge on any atom is 0.338 e. The van der Waals surface area contributed by atoms with E-state index in [0.29, 0.717) is 50.0 Å². The van der Waals surface area contributed by atoms with Crippen LogP contribution >= 0.6 is 27.3 Å². The van der Waals surface area contributed by atoms with Crippen LogP contribution in [0.4, 0.5) is 0 Å². The summed E-state index contributed by atoms with van der Waals surface area (Å²) in [5.41, 5.74) is 2.01. The van der Waals surface area contributed by atoms with Gasteiger partial charge in [-0.1, -0.05) is 39.4 Å². The first-order chi connectivity index (χ1) is 17.8. The van der Waals surface area contributed by atoms with Gasteiger partial charge in [-0.25, -0.2) is 9.79 Å². The summed E-state index contributed by atoms with van der Waals surface area (Å²) in [6.07, 6.45) is 1.78. The number of esters is 1. The van der Waals surface area contributed by atoms with E-state index in [1.807, 2.05) is 37.3 Å². The molecule has 0 aliphatic carbocycles. The molecule has 8 nitrogen and oxygen atoms in total. The summed E-state index contributed by atoms with van der Waals surface area (Å²) < 4.78 is 24.6. The fourth-order valence-electron chi connectivity index (χ4n) is 4.15. The van der Waals surface area contributed by atoms with Crippen molar-refractivity contribution in [2.24, 2.45) is 4.99 Å². The van der Waals surface area contributed by atoms with Crippen LogP contribution in [0.25, 0.3) is 6.08 Å². The molecule has 1 aliphatic rings. The van der Waals surface area contributed by atoms with Crippen LogP contribution in [0.5, 0.6) is 17.2 Å². The van der Waals surface area contributed by atoms with E-state index in [1.54, 1.807) is 44.8 Å². The predicted molar refractivity (Wildman–Crippen MR) is 145 cm³/mol. The SMILES string of the molecule is CCOC(=O)C1=C(C)N=c2sc(=Cc3cc(OCC)c(OC)cc3Br)c(=O)n2C1c1cccc(OC)c1. The van der Waals surface area contributed by atoms with Gasteiger partial charge in [0.05, 0.1) is 49.3 Å². The van der Waals surface area contributed by atoms with Crippen molar-refractivity contribution in [3.8, 4) is 17.2 Å². The minimum atomic E-state index is -0.717. The van der Waals surface area contributed by atoms with Gasteiger partial charge in [-0.2, -0.15) is 0 Å². The number of thiazole rings is 1. The molecule has 0 spiro atoms. The second-order valence-corrected chi connectivity index (χ2v) is 9.90. The molecule has 0 bridgehead atoms. The minimum absolute atomic E-state index is 0.207. The van der Waals surface area contributed by atoms with Crippen molar-refractivity contribution < 1.29 is 23.7 Å². The standard InChI is InChI=1S/C27H27BrN2O6S/c1-6-35-21-12-17(19(28)14-20(21)34-5)13-22-25(31)30-24(16-9-8-10-18(11-16)33-4)23(26(32)36-7-2)15(3)29-27(30)37-22/h8-14,24H,6-7H2,1-5H3. The van der Waals surface area contributed by atoms with Gasteiger partial charge in [0, 0.05) is 4.47 Å². The van der Waals surface area contributed by atoms with Gasteiger partial charge in [0.1, 0.15) is 5.75 Å². The summed E-state index contributed by atoms with van der Waals surface area (Å²) in [5, 5.41) is 0. The first kappa shape index (κ1) is 26.7. The Morgan fingerprint density at radius 2 is 1.92 bits per heavy atom. The van der Waals surface area contributed by atoms with Crippen molar-refractivity contribution in [1.29, 1.82) is 0 Å². The molecule has 1 atom stereocenters. The second-order valence-electron chi connectivity index (χ2n) is 8.04. The number of carbonyl (C=O) groups excluding carboxylic acids is 1. The maximum absolute atomic E-state index is 13.8. The predicted octanol–water partition coefficient (Wildman–Crippen LogP) is 3.98. The second kappa shape index (κ2) is 11.4. The molecule has 4 rings (SSSR count). The fraction of sp³-hybridized carbons (Fsp3) is 0.296. The number of ether oxygens (including phenoxy) is 4. The van der Waals surface area contributed by atoms with Gasteiger partial charge >= 0.3 is 5.97 Å². The number of hydrogen-bond donors (Lipinski definition) is 0. The molecule has 0 fully saturated rings. The zero-order valence-electron chi connectivity index (χ0n) is 21.2. The molecule has 2 aromatic carbocycles. The number of carbonyl (C=O) groups is 1. The molecule has 0 N–H and O–H groups in total. The Hall–Kier alpha value is -3.37. The average Bonchev–Trinajstić information content (AvgIpc) is 3.19. The molecule has 0 saturated heterocycles. The van der Waals surface area contributed by atoms with Gasteiger partial charge in [-0.3, -0.25) is 9.36 Å². The third kappa shape index (κ3) is 5.21. The number of rotatable bonds is 8. The van der Waals surface area contributed by atoms with Gasteiger partial charge in [0.25, 0.3) is 5.56 Å². The summed E-state index contributed by atoms with van der Waals surface area (Å²) in [6.45, 7) is 6.06. The first-order valence-electron chi connectivity index (χ1n) is 11.7.